The van der Waals surface area contributed by atoms with E-state index in [1.54, 1.807) is 12.1 Å². The van der Waals surface area contributed by atoms with Crippen molar-refractivity contribution < 1.29 is 9.53 Å². The number of carbonyl (C=O) groups excluding carboxylic acids is 1. The third-order valence-corrected chi connectivity index (χ3v) is 5.36. The summed E-state index contributed by atoms with van der Waals surface area (Å²) in [4.78, 5) is 29.2. The van der Waals surface area contributed by atoms with Crippen LogP contribution in [0.15, 0.2) is 40.7 Å². The molecular formula is C23H22N4O3. The summed E-state index contributed by atoms with van der Waals surface area (Å²) >= 11 is 0. The maximum absolute atomic E-state index is 12.5. The summed E-state index contributed by atoms with van der Waals surface area (Å²) in [5.74, 6) is -0.736. The first-order valence-corrected chi connectivity index (χ1v) is 9.84. The standard InChI is InChI=1S/C23H22N4O3/c1-14-5-4-6-21-25-19(11-22(28)27(14)21)13-30-23(29)18(12-24)10-17-9-15(2)26(16(17)3)20-7-8-20/h4-6,9-11,20H,7-8,13H2,1-3H3/b18-10+. The van der Waals surface area contributed by atoms with Gasteiger partial charge in [0.05, 0.1) is 5.69 Å². The molecule has 152 valence electrons. The maximum Gasteiger partial charge on any atom is 0.349 e. The molecule has 0 radical (unpaired) electrons. The molecule has 1 aliphatic carbocycles. The highest BCUT2D eigenvalue weighted by Crippen LogP contribution is 2.38. The maximum atomic E-state index is 12.5. The number of pyridine rings is 1. The van der Waals surface area contributed by atoms with Gasteiger partial charge in [-0.1, -0.05) is 6.07 Å². The quantitative estimate of drug-likeness (QED) is 0.371. The average Bonchev–Trinajstić information content (AvgIpc) is 3.49. The van der Waals surface area contributed by atoms with Crippen LogP contribution in [-0.4, -0.2) is 19.9 Å². The van der Waals surface area contributed by atoms with E-state index < -0.39 is 5.97 Å². The predicted octanol–water partition coefficient (Wildman–Crippen LogP) is 3.41. The molecule has 0 amide bonds. The molecule has 1 aliphatic rings. The number of aromatic nitrogens is 3. The molecule has 30 heavy (non-hydrogen) atoms. The van der Waals surface area contributed by atoms with Crippen LogP contribution >= 0.6 is 0 Å². The number of nitriles is 1. The Hall–Kier alpha value is -3.66. The molecule has 0 N–H and O–H groups in total. The summed E-state index contributed by atoms with van der Waals surface area (Å²) < 4.78 is 9.02. The van der Waals surface area contributed by atoms with E-state index in [0.717, 1.165) is 35.5 Å². The highest BCUT2D eigenvalue weighted by atomic mass is 16.5. The second-order valence-corrected chi connectivity index (χ2v) is 7.62. The average molecular weight is 402 g/mol. The van der Waals surface area contributed by atoms with E-state index in [1.807, 2.05) is 45.0 Å². The topological polar surface area (TPSA) is 89.4 Å². The second kappa shape index (κ2) is 7.64. The fourth-order valence-electron chi connectivity index (χ4n) is 3.79. The van der Waals surface area contributed by atoms with Crippen molar-refractivity contribution in [1.29, 1.82) is 5.26 Å². The molecule has 3 heterocycles. The van der Waals surface area contributed by atoms with Gasteiger partial charge in [-0.25, -0.2) is 9.78 Å². The van der Waals surface area contributed by atoms with Gasteiger partial charge in [-0.15, -0.1) is 0 Å². The number of hydrogen-bond acceptors (Lipinski definition) is 5. The Morgan fingerprint density at radius 1 is 1.27 bits per heavy atom. The molecular weight excluding hydrogens is 380 g/mol. The number of hydrogen-bond donors (Lipinski definition) is 0. The van der Waals surface area contributed by atoms with Gasteiger partial charge in [0.1, 0.15) is 23.9 Å². The van der Waals surface area contributed by atoms with Gasteiger partial charge < -0.3 is 9.30 Å². The Morgan fingerprint density at radius 3 is 2.73 bits per heavy atom. The minimum atomic E-state index is -0.736. The molecule has 0 spiro atoms. The van der Waals surface area contributed by atoms with E-state index in [0.29, 0.717) is 17.4 Å². The van der Waals surface area contributed by atoms with E-state index in [1.165, 1.54) is 10.5 Å². The highest BCUT2D eigenvalue weighted by molar-refractivity contribution is 5.98. The van der Waals surface area contributed by atoms with Gasteiger partial charge >= 0.3 is 5.97 Å². The molecule has 0 atom stereocenters. The molecule has 7 heteroatoms. The first kappa shape index (κ1) is 19.6. The lowest BCUT2D eigenvalue weighted by Gasteiger charge is -2.08. The minimum Gasteiger partial charge on any atom is -0.455 e. The van der Waals surface area contributed by atoms with Crippen LogP contribution in [0.25, 0.3) is 11.7 Å². The number of fused-ring (bicyclic) bond motifs is 1. The predicted molar refractivity (Wildman–Crippen MR) is 112 cm³/mol. The first-order chi connectivity index (χ1) is 14.4. The van der Waals surface area contributed by atoms with E-state index in [9.17, 15) is 14.9 Å². The van der Waals surface area contributed by atoms with Gasteiger partial charge in [0.2, 0.25) is 0 Å². The third-order valence-electron chi connectivity index (χ3n) is 5.36. The molecule has 0 bridgehead atoms. The largest absolute Gasteiger partial charge is 0.455 e. The zero-order chi connectivity index (χ0) is 21.4. The van der Waals surface area contributed by atoms with Crippen LogP contribution < -0.4 is 5.56 Å². The van der Waals surface area contributed by atoms with Gasteiger partial charge in [0.15, 0.2) is 0 Å². The smallest absolute Gasteiger partial charge is 0.349 e. The van der Waals surface area contributed by atoms with Crippen LogP contribution in [0.2, 0.25) is 0 Å². The fourth-order valence-corrected chi connectivity index (χ4v) is 3.79. The number of nitrogens with zero attached hydrogens (tertiary/aromatic N) is 4. The molecule has 0 saturated heterocycles. The Balaban J connectivity index is 1.54. The Bertz CT molecular complexity index is 1290. The van der Waals surface area contributed by atoms with Crippen molar-refractivity contribution in [1.82, 2.24) is 14.0 Å². The van der Waals surface area contributed by atoms with Crippen LogP contribution in [0.3, 0.4) is 0 Å². The number of aryl methyl sites for hydroxylation is 2. The van der Waals surface area contributed by atoms with Crippen LogP contribution in [-0.2, 0) is 16.1 Å². The molecule has 4 rings (SSSR count). The molecule has 1 fully saturated rings. The molecule has 0 aromatic carbocycles. The summed E-state index contributed by atoms with van der Waals surface area (Å²) in [5, 5.41) is 9.46. The zero-order valence-corrected chi connectivity index (χ0v) is 17.2. The van der Waals surface area contributed by atoms with Gasteiger partial charge in [-0.05, 0) is 63.5 Å². The van der Waals surface area contributed by atoms with Gasteiger partial charge in [-0.3, -0.25) is 9.20 Å². The SMILES string of the molecule is Cc1cc(/C=C(\C#N)C(=O)OCc2cc(=O)n3c(C)cccc3n2)c(C)n1C1CC1. The zero-order valence-electron chi connectivity index (χ0n) is 17.2. The van der Waals surface area contributed by atoms with Crippen molar-refractivity contribution in [3.05, 3.63) is 74.6 Å². The third kappa shape index (κ3) is 3.64. The molecule has 0 aliphatic heterocycles. The Kier molecular flexibility index (Phi) is 5.00. The van der Waals surface area contributed by atoms with Gasteiger partial charge in [-0.2, -0.15) is 5.26 Å². The van der Waals surface area contributed by atoms with E-state index in [2.05, 4.69) is 9.55 Å². The lowest BCUT2D eigenvalue weighted by atomic mass is 10.1. The summed E-state index contributed by atoms with van der Waals surface area (Å²) in [6, 6.07) is 11.1. The minimum absolute atomic E-state index is 0.0839. The van der Waals surface area contributed by atoms with Crippen LogP contribution in [0.1, 0.15) is 47.2 Å². The normalized spacial score (nSPS) is 14.0. The van der Waals surface area contributed by atoms with Crippen molar-refractivity contribution in [2.45, 2.75) is 46.3 Å². The van der Waals surface area contributed by atoms with Crippen LogP contribution in [0, 0.1) is 32.1 Å². The van der Waals surface area contributed by atoms with Crippen molar-refractivity contribution in [2.24, 2.45) is 0 Å². The summed E-state index contributed by atoms with van der Waals surface area (Å²) in [6.45, 7) is 5.66. The second-order valence-electron chi connectivity index (χ2n) is 7.62. The Morgan fingerprint density at radius 2 is 2.03 bits per heavy atom. The van der Waals surface area contributed by atoms with Crippen molar-refractivity contribution in [3.63, 3.8) is 0 Å². The molecule has 3 aromatic heterocycles. The Labute approximate surface area is 173 Å². The van der Waals surface area contributed by atoms with E-state index in [-0.39, 0.29) is 17.7 Å². The lowest BCUT2D eigenvalue weighted by molar-refractivity contribution is -0.139. The van der Waals surface area contributed by atoms with Crippen molar-refractivity contribution >= 4 is 17.7 Å². The summed E-state index contributed by atoms with van der Waals surface area (Å²) in [6.07, 6.45) is 3.88. The summed E-state index contributed by atoms with van der Waals surface area (Å²) in [5.41, 5.74) is 4.25. The molecule has 1 saturated carbocycles. The molecule has 7 nitrogen and oxygen atoms in total. The number of ether oxygens (including phenoxy) is 1. The first-order valence-electron chi connectivity index (χ1n) is 9.84. The number of esters is 1. The summed E-state index contributed by atoms with van der Waals surface area (Å²) in [7, 11) is 0. The molecule has 0 unspecified atom stereocenters. The van der Waals surface area contributed by atoms with Gasteiger partial charge in [0, 0.05) is 29.2 Å². The lowest BCUT2D eigenvalue weighted by Crippen LogP contribution is -2.18. The van der Waals surface area contributed by atoms with Crippen LogP contribution in [0.4, 0.5) is 0 Å². The van der Waals surface area contributed by atoms with Gasteiger partial charge in [0.25, 0.3) is 5.56 Å². The fraction of sp³-hybridized carbons (Fsp3) is 0.304. The van der Waals surface area contributed by atoms with E-state index >= 15 is 0 Å². The van der Waals surface area contributed by atoms with Crippen molar-refractivity contribution in [3.8, 4) is 6.07 Å². The van der Waals surface area contributed by atoms with Crippen molar-refractivity contribution in [2.75, 3.05) is 0 Å². The molecule has 3 aromatic rings. The highest BCUT2D eigenvalue weighted by Gasteiger charge is 2.27. The number of carbonyl (C=O) groups is 1. The van der Waals surface area contributed by atoms with Crippen LogP contribution in [0.5, 0.6) is 0 Å². The monoisotopic (exact) mass is 402 g/mol. The number of rotatable bonds is 5. The van der Waals surface area contributed by atoms with E-state index in [4.69, 9.17) is 4.74 Å².